The van der Waals surface area contributed by atoms with Crippen LogP contribution < -0.4 is 0 Å². The van der Waals surface area contributed by atoms with Crippen LogP contribution in [0, 0.1) is 0 Å². The van der Waals surface area contributed by atoms with Crippen LogP contribution in [0.2, 0.25) is 0 Å². The molecule has 0 aromatic carbocycles. The van der Waals surface area contributed by atoms with Gasteiger partial charge in [0.2, 0.25) is 0 Å². The van der Waals surface area contributed by atoms with Crippen molar-refractivity contribution in [1.82, 2.24) is 0 Å². The van der Waals surface area contributed by atoms with E-state index >= 15 is 0 Å². The van der Waals surface area contributed by atoms with Gasteiger partial charge in [-0.25, -0.2) is 0 Å². The minimum absolute atomic E-state index is 0.0758. The van der Waals surface area contributed by atoms with Crippen molar-refractivity contribution in [2.45, 2.75) is 129 Å². The number of esters is 2. The number of aliphatic hydroxyl groups excluding tert-OH is 1. The average Bonchev–Trinajstić information content (AvgIpc) is 2.76. The molecular weight excluding hydrogens is 392 g/mol. The van der Waals surface area contributed by atoms with Crippen LogP contribution in [-0.4, -0.2) is 36.4 Å². The molecule has 0 amide bonds. The maximum Gasteiger partial charge on any atom is 0.306 e. The van der Waals surface area contributed by atoms with Crippen LogP contribution >= 0.6 is 0 Å². The maximum absolute atomic E-state index is 11.8. The fraction of sp³-hybridized carbons (Fsp3) is 0.846. The molecule has 0 saturated carbocycles. The van der Waals surface area contributed by atoms with Crippen LogP contribution in [0.15, 0.2) is 12.2 Å². The van der Waals surface area contributed by atoms with Crippen LogP contribution in [0.4, 0.5) is 0 Å². The van der Waals surface area contributed by atoms with E-state index in [0.717, 1.165) is 25.7 Å². The van der Waals surface area contributed by atoms with Gasteiger partial charge >= 0.3 is 11.9 Å². The van der Waals surface area contributed by atoms with Gasteiger partial charge in [-0.2, -0.15) is 0 Å². The van der Waals surface area contributed by atoms with E-state index in [1.165, 1.54) is 64.2 Å². The third-order valence-electron chi connectivity index (χ3n) is 5.28. The lowest BCUT2D eigenvalue weighted by Gasteiger charge is -2.15. The number of rotatable bonds is 22. The van der Waals surface area contributed by atoms with Crippen molar-refractivity contribution < 1.29 is 24.2 Å². The van der Waals surface area contributed by atoms with E-state index in [9.17, 15) is 14.7 Å². The SMILES string of the molecule is CCCCCCCCC/C=C\CCCCCCCC(=O)OC(CO)COC(=O)CCC. The van der Waals surface area contributed by atoms with Gasteiger partial charge in [-0.3, -0.25) is 9.59 Å². The Kier molecular flexibility index (Phi) is 22.3. The van der Waals surface area contributed by atoms with E-state index in [1.54, 1.807) is 0 Å². The molecule has 0 spiro atoms. The predicted molar refractivity (Wildman–Crippen MR) is 127 cm³/mol. The summed E-state index contributed by atoms with van der Waals surface area (Å²) in [7, 11) is 0. The van der Waals surface area contributed by atoms with E-state index in [4.69, 9.17) is 9.47 Å². The number of carbonyl (C=O) groups is 2. The molecule has 0 aliphatic carbocycles. The molecule has 5 heteroatoms. The van der Waals surface area contributed by atoms with Crippen molar-refractivity contribution >= 4 is 11.9 Å². The molecule has 0 aromatic rings. The first-order chi connectivity index (χ1) is 15.1. The molecule has 0 bridgehead atoms. The highest BCUT2D eigenvalue weighted by atomic mass is 16.6. The Bertz CT molecular complexity index is 447. The summed E-state index contributed by atoms with van der Waals surface area (Å²) in [6.45, 7) is 3.74. The molecule has 5 nitrogen and oxygen atoms in total. The Morgan fingerprint density at radius 1 is 0.710 bits per heavy atom. The number of allylic oxidation sites excluding steroid dienone is 2. The van der Waals surface area contributed by atoms with Gasteiger partial charge in [-0.15, -0.1) is 0 Å². The summed E-state index contributed by atoms with van der Waals surface area (Å²) >= 11 is 0. The third kappa shape index (κ3) is 21.7. The third-order valence-corrected chi connectivity index (χ3v) is 5.28. The first kappa shape index (κ1) is 29.6. The molecule has 0 rings (SSSR count). The number of carbonyl (C=O) groups excluding carboxylic acids is 2. The Hall–Kier alpha value is -1.36. The summed E-state index contributed by atoms with van der Waals surface area (Å²) in [5.74, 6) is -0.663. The molecular formula is C26H48O5. The van der Waals surface area contributed by atoms with Crippen LogP contribution in [-0.2, 0) is 19.1 Å². The molecule has 0 saturated heterocycles. The van der Waals surface area contributed by atoms with Gasteiger partial charge in [0.1, 0.15) is 6.61 Å². The molecule has 0 heterocycles. The minimum atomic E-state index is -0.763. The van der Waals surface area contributed by atoms with Gasteiger partial charge < -0.3 is 14.6 Å². The second-order valence-electron chi connectivity index (χ2n) is 8.42. The topological polar surface area (TPSA) is 72.8 Å². The second-order valence-corrected chi connectivity index (χ2v) is 8.42. The second kappa shape index (κ2) is 23.3. The summed E-state index contributed by atoms with van der Waals surface area (Å²) in [6, 6.07) is 0. The molecule has 0 aliphatic rings. The largest absolute Gasteiger partial charge is 0.462 e. The summed E-state index contributed by atoms with van der Waals surface area (Å²) in [6.07, 6.45) is 22.5. The lowest BCUT2D eigenvalue weighted by atomic mass is 10.1. The molecule has 0 radical (unpaired) electrons. The van der Waals surface area contributed by atoms with Crippen molar-refractivity contribution in [3.63, 3.8) is 0 Å². The van der Waals surface area contributed by atoms with E-state index in [-0.39, 0.29) is 25.2 Å². The highest BCUT2D eigenvalue weighted by molar-refractivity contribution is 5.70. The van der Waals surface area contributed by atoms with Crippen LogP contribution in [0.3, 0.4) is 0 Å². The van der Waals surface area contributed by atoms with Gasteiger partial charge in [-0.1, -0.05) is 83.8 Å². The smallest absolute Gasteiger partial charge is 0.306 e. The average molecular weight is 441 g/mol. The Morgan fingerprint density at radius 2 is 1.26 bits per heavy atom. The van der Waals surface area contributed by atoms with Gasteiger partial charge in [0.25, 0.3) is 0 Å². The van der Waals surface area contributed by atoms with E-state index < -0.39 is 6.10 Å². The summed E-state index contributed by atoms with van der Waals surface area (Å²) in [5.41, 5.74) is 0. The molecule has 0 aliphatic heterocycles. The highest BCUT2D eigenvalue weighted by Crippen LogP contribution is 2.11. The zero-order valence-electron chi connectivity index (χ0n) is 20.2. The van der Waals surface area contributed by atoms with E-state index in [1.807, 2.05) is 6.92 Å². The Labute approximate surface area is 191 Å². The fourth-order valence-electron chi connectivity index (χ4n) is 3.35. The lowest BCUT2D eigenvalue weighted by Crippen LogP contribution is -2.28. The number of hydrogen-bond acceptors (Lipinski definition) is 5. The minimum Gasteiger partial charge on any atom is -0.462 e. The van der Waals surface area contributed by atoms with Crippen molar-refractivity contribution in [3.05, 3.63) is 12.2 Å². The number of unbranched alkanes of at least 4 members (excludes halogenated alkanes) is 12. The summed E-state index contributed by atoms with van der Waals surface area (Å²) in [5, 5.41) is 9.26. The number of hydrogen-bond donors (Lipinski definition) is 1. The highest BCUT2D eigenvalue weighted by Gasteiger charge is 2.15. The van der Waals surface area contributed by atoms with Crippen molar-refractivity contribution in [1.29, 1.82) is 0 Å². The first-order valence-corrected chi connectivity index (χ1v) is 12.7. The molecule has 0 aromatic heterocycles. The van der Waals surface area contributed by atoms with Crippen molar-refractivity contribution in [2.75, 3.05) is 13.2 Å². The van der Waals surface area contributed by atoms with Crippen molar-refractivity contribution in [3.8, 4) is 0 Å². The molecule has 1 N–H and O–H groups in total. The zero-order chi connectivity index (χ0) is 23.0. The molecule has 1 unspecified atom stereocenters. The predicted octanol–water partition coefficient (Wildman–Crippen LogP) is 6.66. The lowest BCUT2D eigenvalue weighted by molar-refractivity contribution is -0.161. The maximum atomic E-state index is 11.8. The standard InChI is InChI=1S/C26H48O5/c1-3-5-6-7-8-9-10-11-12-13-14-15-16-17-18-19-21-26(29)31-24(22-27)23-30-25(28)20-4-2/h12-13,24,27H,3-11,14-23H2,1-2H3/b13-12-. The molecule has 31 heavy (non-hydrogen) atoms. The van der Waals surface area contributed by atoms with Gasteiger partial charge in [0.15, 0.2) is 6.10 Å². The molecule has 1 atom stereocenters. The van der Waals surface area contributed by atoms with Crippen LogP contribution in [0.1, 0.15) is 123 Å². The quantitative estimate of drug-likeness (QED) is 0.116. The molecule has 0 fully saturated rings. The zero-order valence-corrected chi connectivity index (χ0v) is 20.2. The summed E-state index contributed by atoms with van der Waals surface area (Å²) < 4.78 is 10.2. The Balaban J connectivity index is 3.48. The van der Waals surface area contributed by atoms with Gasteiger partial charge in [-0.05, 0) is 38.5 Å². The van der Waals surface area contributed by atoms with Crippen LogP contribution in [0.25, 0.3) is 0 Å². The monoisotopic (exact) mass is 440 g/mol. The van der Waals surface area contributed by atoms with Gasteiger partial charge in [0.05, 0.1) is 6.61 Å². The van der Waals surface area contributed by atoms with Crippen LogP contribution in [0.5, 0.6) is 0 Å². The van der Waals surface area contributed by atoms with E-state index in [0.29, 0.717) is 19.3 Å². The number of ether oxygens (including phenoxy) is 2. The van der Waals surface area contributed by atoms with E-state index in [2.05, 4.69) is 19.1 Å². The van der Waals surface area contributed by atoms with Crippen molar-refractivity contribution in [2.24, 2.45) is 0 Å². The Morgan fingerprint density at radius 3 is 1.81 bits per heavy atom. The van der Waals surface area contributed by atoms with Gasteiger partial charge in [0, 0.05) is 12.8 Å². The molecule has 182 valence electrons. The number of aliphatic hydroxyl groups is 1. The normalized spacial score (nSPS) is 12.2. The fourth-order valence-corrected chi connectivity index (χ4v) is 3.35. The first-order valence-electron chi connectivity index (χ1n) is 12.7. The summed E-state index contributed by atoms with van der Waals surface area (Å²) in [4.78, 5) is 23.2.